The molecule has 3 N–H and O–H groups in total. The van der Waals surface area contributed by atoms with Crippen LogP contribution < -0.4 is 11.1 Å². The molecule has 7 heteroatoms. The quantitative estimate of drug-likeness (QED) is 0.893. The zero-order valence-electron chi connectivity index (χ0n) is 12.4. The summed E-state index contributed by atoms with van der Waals surface area (Å²) in [6, 6.07) is 6.02. The number of likely N-dealkylation sites (tertiary alicyclic amines) is 1. The summed E-state index contributed by atoms with van der Waals surface area (Å²) in [6.45, 7) is 1.38. The number of benzene rings is 1. The van der Waals surface area contributed by atoms with Crippen LogP contribution in [-0.4, -0.2) is 29.0 Å². The first-order chi connectivity index (χ1) is 11.0. The molecule has 0 atom stereocenters. The predicted octanol–water partition coefficient (Wildman–Crippen LogP) is 3.24. The summed E-state index contributed by atoms with van der Waals surface area (Å²) in [4.78, 5) is 18.0. The lowest BCUT2D eigenvalue weighted by Crippen LogP contribution is -2.32. The summed E-state index contributed by atoms with van der Waals surface area (Å²) in [6.07, 6.45) is 1.94. The molecule has 2 amide bonds. The molecule has 0 radical (unpaired) electrons. The minimum atomic E-state index is -0.723. The van der Waals surface area contributed by atoms with Crippen molar-refractivity contribution >= 4 is 17.5 Å². The Morgan fingerprint density at radius 1 is 1.17 bits per heavy atom. The number of halogens is 2. The number of pyridine rings is 1. The minimum absolute atomic E-state index is 0.142. The first-order valence-electron chi connectivity index (χ1n) is 7.32. The number of nitrogens with zero attached hydrogens (tertiary/aromatic N) is 2. The maximum Gasteiger partial charge on any atom is 0.323 e. The Balaban J connectivity index is 1.88. The molecule has 2 aromatic rings. The van der Waals surface area contributed by atoms with E-state index in [4.69, 9.17) is 5.73 Å². The van der Waals surface area contributed by atoms with E-state index in [9.17, 15) is 13.6 Å². The highest BCUT2D eigenvalue weighted by molar-refractivity contribution is 5.91. The molecule has 0 aliphatic carbocycles. The van der Waals surface area contributed by atoms with E-state index in [1.807, 2.05) is 0 Å². The van der Waals surface area contributed by atoms with E-state index >= 15 is 0 Å². The van der Waals surface area contributed by atoms with Crippen molar-refractivity contribution in [2.24, 2.45) is 0 Å². The van der Waals surface area contributed by atoms with Gasteiger partial charge < -0.3 is 10.6 Å². The number of anilines is 2. The van der Waals surface area contributed by atoms with Crippen molar-refractivity contribution in [1.82, 2.24) is 9.88 Å². The van der Waals surface area contributed by atoms with Gasteiger partial charge in [0.1, 0.15) is 11.6 Å². The number of carbonyl (C=O) groups is 1. The van der Waals surface area contributed by atoms with Gasteiger partial charge in [-0.3, -0.25) is 5.32 Å². The lowest BCUT2D eigenvalue weighted by Gasteiger charge is -2.17. The first kappa shape index (κ1) is 15.2. The molecule has 1 aromatic heterocycles. The third kappa shape index (κ3) is 3.23. The topological polar surface area (TPSA) is 71.2 Å². The van der Waals surface area contributed by atoms with Crippen LogP contribution in [0.2, 0.25) is 0 Å². The van der Waals surface area contributed by atoms with Gasteiger partial charge in [-0.15, -0.1) is 0 Å². The van der Waals surface area contributed by atoms with Crippen LogP contribution in [0.25, 0.3) is 11.3 Å². The highest BCUT2D eigenvalue weighted by Crippen LogP contribution is 2.26. The second-order valence-corrected chi connectivity index (χ2v) is 5.38. The number of carbonyl (C=O) groups excluding carboxylic acids is 1. The molecule has 2 heterocycles. The standard InChI is InChI=1S/C16H16F2N4O/c17-10-3-4-11(12(18)9-10)14-6-5-13(19)15(20-14)21-16(23)22-7-1-2-8-22/h3-6,9H,1-2,7-8,19H2,(H,20,21,23). The van der Waals surface area contributed by atoms with Crippen LogP contribution in [-0.2, 0) is 0 Å². The molecule has 1 fully saturated rings. The Labute approximate surface area is 132 Å². The number of hydrogen-bond acceptors (Lipinski definition) is 3. The van der Waals surface area contributed by atoms with Gasteiger partial charge in [0.2, 0.25) is 0 Å². The Kier molecular flexibility index (Phi) is 4.10. The van der Waals surface area contributed by atoms with Crippen molar-refractivity contribution < 1.29 is 13.6 Å². The van der Waals surface area contributed by atoms with Crippen LogP contribution in [0, 0.1) is 11.6 Å². The van der Waals surface area contributed by atoms with Gasteiger partial charge in [-0.2, -0.15) is 0 Å². The summed E-state index contributed by atoms with van der Waals surface area (Å²) in [5.74, 6) is -1.22. The lowest BCUT2D eigenvalue weighted by atomic mass is 10.1. The molecule has 1 aromatic carbocycles. The van der Waals surface area contributed by atoms with Crippen LogP contribution in [0.1, 0.15) is 12.8 Å². The van der Waals surface area contributed by atoms with Gasteiger partial charge in [-0.1, -0.05) is 0 Å². The SMILES string of the molecule is Nc1ccc(-c2ccc(F)cc2F)nc1NC(=O)N1CCCC1. The molecule has 0 bridgehead atoms. The fraction of sp³-hybridized carbons (Fsp3) is 0.250. The number of aromatic nitrogens is 1. The van der Waals surface area contributed by atoms with Gasteiger partial charge >= 0.3 is 6.03 Å². The second kappa shape index (κ2) is 6.20. The van der Waals surface area contributed by atoms with Crippen LogP contribution in [0.15, 0.2) is 30.3 Å². The van der Waals surface area contributed by atoms with Crippen molar-refractivity contribution in [3.05, 3.63) is 42.0 Å². The summed E-state index contributed by atoms with van der Waals surface area (Å²) in [5.41, 5.74) is 6.52. The zero-order valence-corrected chi connectivity index (χ0v) is 12.4. The number of urea groups is 1. The van der Waals surface area contributed by atoms with Crippen molar-refractivity contribution in [2.75, 3.05) is 24.1 Å². The number of amides is 2. The maximum atomic E-state index is 13.9. The zero-order chi connectivity index (χ0) is 16.4. The van der Waals surface area contributed by atoms with Crippen molar-refractivity contribution in [2.45, 2.75) is 12.8 Å². The summed E-state index contributed by atoms with van der Waals surface area (Å²) in [5, 5.41) is 2.65. The lowest BCUT2D eigenvalue weighted by molar-refractivity contribution is 0.222. The molecule has 5 nitrogen and oxygen atoms in total. The van der Waals surface area contributed by atoms with E-state index < -0.39 is 11.6 Å². The molecule has 120 valence electrons. The molecule has 1 saturated heterocycles. The average molecular weight is 318 g/mol. The van der Waals surface area contributed by atoms with Crippen LogP contribution in [0.4, 0.5) is 25.1 Å². The monoisotopic (exact) mass is 318 g/mol. The number of nitrogens with one attached hydrogen (secondary N) is 1. The van der Waals surface area contributed by atoms with Crippen molar-refractivity contribution in [3.63, 3.8) is 0 Å². The van der Waals surface area contributed by atoms with Crippen LogP contribution in [0.3, 0.4) is 0 Å². The van der Waals surface area contributed by atoms with E-state index in [0.29, 0.717) is 13.1 Å². The molecular weight excluding hydrogens is 302 g/mol. The molecule has 1 aliphatic rings. The van der Waals surface area contributed by atoms with Gasteiger partial charge in [0.15, 0.2) is 5.82 Å². The fourth-order valence-electron chi connectivity index (χ4n) is 2.52. The van der Waals surface area contributed by atoms with E-state index in [0.717, 1.165) is 25.0 Å². The predicted molar refractivity (Wildman–Crippen MR) is 83.8 cm³/mol. The minimum Gasteiger partial charge on any atom is -0.396 e. The highest BCUT2D eigenvalue weighted by Gasteiger charge is 2.19. The Bertz CT molecular complexity index is 745. The molecule has 3 rings (SSSR count). The smallest absolute Gasteiger partial charge is 0.323 e. The van der Waals surface area contributed by atoms with Crippen molar-refractivity contribution in [1.29, 1.82) is 0 Å². The summed E-state index contributed by atoms with van der Waals surface area (Å²) < 4.78 is 26.9. The van der Waals surface area contributed by atoms with Crippen molar-refractivity contribution in [3.8, 4) is 11.3 Å². The van der Waals surface area contributed by atoms with Gasteiger partial charge in [0, 0.05) is 24.7 Å². The molecular formula is C16H16F2N4O. The Morgan fingerprint density at radius 3 is 2.61 bits per heavy atom. The molecule has 1 aliphatic heterocycles. The van der Waals surface area contributed by atoms with Gasteiger partial charge in [0.25, 0.3) is 0 Å². The molecule has 23 heavy (non-hydrogen) atoms. The van der Waals surface area contributed by atoms with E-state index in [1.54, 1.807) is 4.90 Å². The number of hydrogen-bond donors (Lipinski definition) is 2. The first-order valence-corrected chi connectivity index (χ1v) is 7.32. The van der Waals surface area contributed by atoms with Crippen LogP contribution in [0.5, 0.6) is 0 Å². The van der Waals surface area contributed by atoms with Gasteiger partial charge in [-0.25, -0.2) is 18.6 Å². The number of nitrogens with two attached hydrogens (primary N) is 1. The highest BCUT2D eigenvalue weighted by atomic mass is 19.1. The fourth-order valence-corrected chi connectivity index (χ4v) is 2.52. The normalized spacial score (nSPS) is 14.1. The Morgan fingerprint density at radius 2 is 1.91 bits per heavy atom. The largest absolute Gasteiger partial charge is 0.396 e. The van der Waals surface area contributed by atoms with E-state index in [-0.39, 0.29) is 28.8 Å². The number of nitrogen functional groups attached to an aromatic ring is 1. The summed E-state index contributed by atoms with van der Waals surface area (Å²) in [7, 11) is 0. The van der Waals surface area contributed by atoms with Gasteiger partial charge in [-0.05, 0) is 37.1 Å². The third-order valence-electron chi connectivity index (χ3n) is 3.75. The maximum absolute atomic E-state index is 13.9. The van der Waals surface area contributed by atoms with Crippen LogP contribution >= 0.6 is 0 Å². The number of rotatable bonds is 2. The van der Waals surface area contributed by atoms with Gasteiger partial charge in [0.05, 0.1) is 11.4 Å². The molecule has 0 saturated carbocycles. The van der Waals surface area contributed by atoms with E-state index in [2.05, 4.69) is 10.3 Å². The summed E-state index contributed by atoms with van der Waals surface area (Å²) >= 11 is 0. The molecule has 0 unspecified atom stereocenters. The second-order valence-electron chi connectivity index (χ2n) is 5.38. The third-order valence-corrected chi connectivity index (χ3v) is 3.75. The molecule has 0 spiro atoms. The average Bonchev–Trinajstić information content (AvgIpc) is 3.04. The van der Waals surface area contributed by atoms with E-state index in [1.165, 1.54) is 18.2 Å². The Hall–Kier alpha value is -2.70.